The van der Waals surface area contributed by atoms with Crippen LogP contribution in [0.3, 0.4) is 0 Å². The SMILES string of the molecule is CCNC(=O)C(Cc1ccccc1)N(Cc1ccc(Cl)c(Cl)c1)C(=O)CN(c1ccc(C(C)C)cc1)S(=O)(=O)c1ccccc1. The van der Waals surface area contributed by atoms with Crippen LogP contribution in [-0.4, -0.2) is 44.3 Å². The van der Waals surface area contributed by atoms with Crippen LogP contribution in [0.15, 0.2) is 108 Å². The molecule has 10 heteroatoms. The van der Waals surface area contributed by atoms with Gasteiger partial charge in [-0.15, -0.1) is 0 Å². The summed E-state index contributed by atoms with van der Waals surface area (Å²) in [5.41, 5.74) is 2.85. The third kappa shape index (κ3) is 8.66. The number of rotatable bonds is 13. The molecule has 7 nitrogen and oxygen atoms in total. The number of hydrogen-bond acceptors (Lipinski definition) is 4. The van der Waals surface area contributed by atoms with E-state index in [0.29, 0.717) is 27.8 Å². The quantitative estimate of drug-likeness (QED) is 0.165. The van der Waals surface area contributed by atoms with Gasteiger partial charge in [-0.05, 0) is 65.9 Å². The van der Waals surface area contributed by atoms with E-state index in [1.807, 2.05) is 56.3 Å². The Morgan fingerprint density at radius 3 is 2.00 bits per heavy atom. The van der Waals surface area contributed by atoms with Crippen molar-refractivity contribution in [2.45, 2.75) is 50.6 Å². The molecule has 4 aromatic carbocycles. The number of hydrogen-bond donors (Lipinski definition) is 1. The largest absolute Gasteiger partial charge is 0.355 e. The summed E-state index contributed by atoms with van der Waals surface area (Å²) in [6.07, 6.45) is 0.217. The van der Waals surface area contributed by atoms with E-state index in [9.17, 15) is 18.0 Å². The molecule has 0 bridgehead atoms. The highest BCUT2D eigenvalue weighted by Gasteiger charge is 2.34. The topological polar surface area (TPSA) is 86.8 Å². The molecule has 1 atom stereocenters. The highest BCUT2D eigenvalue weighted by atomic mass is 35.5. The number of nitrogens with one attached hydrogen (secondary N) is 1. The molecule has 0 aliphatic heterocycles. The third-order valence-corrected chi connectivity index (χ3v) is 9.94. The molecule has 0 fully saturated rings. The minimum atomic E-state index is -4.17. The van der Waals surface area contributed by atoms with E-state index in [2.05, 4.69) is 5.32 Å². The van der Waals surface area contributed by atoms with Crippen LogP contribution in [-0.2, 0) is 32.6 Å². The highest BCUT2D eigenvalue weighted by molar-refractivity contribution is 7.92. The van der Waals surface area contributed by atoms with Crippen molar-refractivity contribution in [2.75, 3.05) is 17.4 Å². The molecule has 4 aromatic rings. The molecule has 1 N–H and O–H groups in total. The second-order valence-corrected chi connectivity index (χ2v) is 13.6. The third-order valence-electron chi connectivity index (χ3n) is 7.42. The summed E-state index contributed by atoms with van der Waals surface area (Å²) < 4.78 is 29.3. The summed E-state index contributed by atoms with van der Waals surface area (Å²) in [7, 11) is -4.17. The Kier molecular flexibility index (Phi) is 11.7. The van der Waals surface area contributed by atoms with Gasteiger partial charge in [-0.25, -0.2) is 8.42 Å². The van der Waals surface area contributed by atoms with E-state index in [0.717, 1.165) is 15.4 Å². The van der Waals surface area contributed by atoms with Crippen molar-refractivity contribution in [1.82, 2.24) is 10.2 Å². The molecule has 2 amide bonds. The van der Waals surface area contributed by atoms with Crippen molar-refractivity contribution in [1.29, 1.82) is 0 Å². The second-order valence-electron chi connectivity index (χ2n) is 10.9. The van der Waals surface area contributed by atoms with Crippen molar-refractivity contribution in [3.05, 3.63) is 130 Å². The Morgan fingerprint density at radius 1 is 0.800 bits per heavy atom. The van der Waals surface area contributed by atoms with Crippen molar-refractivity contribution < 1.29 is 18.0 Å². The normalized spacial score (nSPS) is 12.0. The van der Waals surface area contributed by atoms with Crippen LogP contribution in [0.2, 0.25) is 10.0 Å². The Hall–Kier alpha value is -3.85. The Balaban J connectivity index is 1.81. The van der Waals surface area contributed by atoms with Gasteiger partial charge >= 0.3 is 0 Å². The number of sulfonamides is 1. The Labute approximate surface area is 275 Å². The van der Waals surface area contributed by atoms with Gasteiger partial charge in [0.1, 0.15) is 12.6 Å². The predicted octanol–water partition coefficient (Wildman–Crippen LogP) is 7.09. The van der Waals surface area contributed by atoms with Gasteiger partial charge in [0.25, 0.3) is 10.0 Å². The van der Waals surface area contributed by atoms with Gasteiger partial charge in [-0.2, -0.15) is 0 Å². The number of carbonyl (C=O) groups is 2. The van der Waals surface area contributed by atoms with Gasteiger partial charge in [0.05, 0.1) is 20.6 Å². The first kappa shape index (κ1) is 34.0. The molecule has 45 heavy (non-hydrogen) atoms. The smallest absolute Gasteiger partial charge is 0.264 e. The number of nitrogens with zero attached hydrogens (tertiary/aromatic N) is 2. The van der Waals surface area contributed by atoms with Crippen molar-refractivity contribution in [3.63, 3.8) is 0 Å². The lowest BCUT2D eigenvalue weighted by atomic mass is 10.0. The van der Waals surface area contributed by atoms with E-state index in [1.54, 1.807) is 55.5 Å². The molecule has 0 saturated carbocycles. The molecular weight excluding hydrogens is 629 g/mol. The molecule has 0 aliphatic carbocycles. The van der Waals surface area contributed by atoms with Crippen LogP contribution < -0.4 is 9.62 Å². The summed E-state index contributed by atoms with van der Waals surface area (Å²) in [4.78, 5) is 29.5. The van der Waals surface area contributed by atoms with Gasteiger partial charge in [0.15, 0.2) is 0 Å². The van der Waals surface area contributed by atoms with Crippen LogP contribution in [0, 0.1) is 0 Å². The summed E-state index contributed by atoms with van der Waals surface area (Å²) in [5, 5.41) is 3.51. The molecule has 1 unspecified atom stereocenters. The summed E-state index contributed by atoms with van der Waals surface area (Å²) in [5.74, 6) is -0.674. The van der Waals surface area contributed by atoms with E-state index < -0.39 is 28.5 Å². The van der Waals surface area contributed by atoms with Crippen molar-refractivity contribution in [3.8, 4) is 0 Å². The van der Waals surface area contributed by atoms with E-state index in [1.165, 1.54) is 17.0 Å². The maximum absolute atomic E-state index is 14.5. The summed E-state index contributed by atoms with van der Waals surface area (Å²) in [6.45, 7) is 5.71. The monoisotopic (exact) mass is 665 g/mol. The number of anilines is 1. The standard InChI is InChI=1S/C35H37Cl2N3O4S/c1-4-38-35(42)33(22-26-11-7-5-8-12-26)39(23-27-15-20-31(36)32(37)21-27)34(41)24-40(29-18-16-28(17-19-29)25(2)3)45(43,44)30-13-9-6-10-14-30/h5-21,25,33H,4,22-24H2,1-3H3,(H,38,42). The zero-order valence-corrected chi connectivity index (χ0v) is 27.8. The van der Waals surface area contributed by atoms with Gasteiger partial charge in [-0.3, -0.25) is 13.9 Å². The van der Waals surface area contributed by atoms with Crippen LogP contribution >= 0.6 is 23.2 Å². The molecule has 236 valence electrons. The van der Waals surface area contributed by atoms with E-state index in [4.69, 9.17) is 23.2 Å². The molecular formula is C35H37Cl2N3O4S. The van der Waals surface area contributed by atoms with E-state index >= 15 is 0 Å². The predicted molar refractivity (Wildman–Crippen MR) is 181 cm³/mol. The summed E-state index contributed by atoms with van der Waals surface area (Å²) in [6, 6.07) is 28.6. The number of benzene rings is 4. The fourth-order valence-corrected chi connectivity index (χ4v) is 6.71. The first-order valence-electron chi connectivity index (χ1n) is 14.7. The molecule has 0 saturated heterocycles. The zero-order chi connectivity index (χ0) is 32.6. The lowest BCUT2D eigenvalue weighted by Crippen LogP contribution is -2.53. The molecule has 0 radical (unpaired) electrons. The number of likely N-dealkylation sites (N-methyl/N-ethyl adjacent to an activating group) is 1. The fourth-order valence-electron chi connectivity index (χ4n) is 4.95. The number of carbonyl (C=O) groups excluding carboxylic acids is 2. The fraction of sp³-hybridized carbons (Fsp3) is 0.257. The Bertz CT molecular complexity index is 1700. The summed E-state index contributed by atoms with van der Waals surface area (Å²) >= 11 is 12.5. The Morgan fingerprint density at radius 2 is 1.42 bits per heavy atom. The molecule has 0 heterocycles. The number of halogens is 2. The van der Waals surface area contributed by atoms with Crippen molar-refractivity contribution >= 4 is 50.7 Å². The van der Waals surface area contributed by atoms with Crippen LogP contribution in [0.5, 0.6) is 0 Å². The van der Waals surface area contributed by atoms with Gasteiger partial charge in [-0.1, -0.05) is 104 Å². The first-order valence-corrected chi connectivity index (χ1v) is 16.9. The van der Waals surface area contributed by atoms with Gasteiger partial charge in [0.2, 0.25) is 11.8 Å². The van der Waals surface area contributed by atoms with Crippen LogP contribution in [0.1, 0.15) is 43.4 Å². The number of amides is 2. The molecule has 4 rings (SSSR count). The molecule has 0 aromatic heterocycles. The maximum atomic E-state index is 14.5. The minimum Gasteiger partial charge on any atom is -0.355 e. The average molecular weight is 667 g/mol. The highest BCUT2D eigenvalue weighted by Crippen LogP contribution is 2.28. The van der Waals surface area contributed by atoms with Crippen LogP contribution in [0.4, 0.5) is 5.69 Å². The van der Waals surface area contributed by atoms with E-state index in [-0.39, 0.29) is 29.7 Å². The lowest BCUT2D eigenvalue weighted by Gasteiger charge is -2.34. The zero-order valence-electron chi connectivity index (χ0n) is 25.5. The maximum Gasteiger partial charge on any atom is 0.264 e. The molecule has 0 spiro atoms. The minimum absolute atomic E-state index is 0.00410. The molecule has 0 aliphatic rings. The second kappa shape index (κ2) is 15.4. The van der Waals surface area contributed by atoms with Gasteiger partial charge < -0.3 is 10.2 Å². The van der Waals surface area contributed by atoms with Crippen molar-refractivity contribution in [2.24, 2.45) is 0 Å². The lowest BCUT2D eigenvalue weighted by molar-refractivity contribution is -0.140. The average Bonchev–Trinajstić information content (AvgIpc) is 3.04. The van der Waals surface area contributed by atoms with Gasteiger partial charge in [0, 0.05) is 19.5 Å². The first-order chi connectivity index (χ1) is 21.5. The van der Waals surface area contributed by atoms with Crippen LogP contribution in [0.25, 0.3) is 0 Å².